The molecule has 0 aliphatic heterocycles. The third-order valence-corrected chi connectivity index (χ3v) is 4.42. The number of benzene rings is 2. The molecule has 0 saturated heterocycles. The maximum Gasteiger partial charge on any atom is 0.292 e. The van der Waals surface area contributed by atoms with Crippen molar-refractivity contribution >= 4 is 21.4 Å². The van der Waals surface area contributed by atoms with E-state index in [1.165, 1.54) is 12.1 Å². The summed E-state index contributed by atoms with van der Waals surface area (Å²) in [6.07, 6.45) is 0. The maximum absolute atomic E-state index is 13.2. The zero-order chi connectivity index (χ0) is 16.9. The molecule has 2 N–H and O–H groups in total. The maximum atomic E-state index is 13.2. The molecule has 0 unspecified atom stereocenters. The number of nitrogens with zero attached hydrogens (tertiary/aromatic N) is 1. The number of halogens is 1. The Bertz CT molecular complexity index is 797. The van der Waals surface area contributed by atoms with Gasteiger partial charge in [0, 0.05) is 25.2 Å². The molecule has 0 bridgehead atoms. The summed E-state index contributed by atoms with van der Waals surface area (Å²) in [5.74, 6) is -0.622. The fourth-order valence-corrected chi connectivity index (χ4v) is 2.93. The Morgan fingerprint density at radius 2 is 1.78 bits per heavy atom. The third kappa shape index (κ3) is 4.47. The van der Waals surface area contributed by atoms with Crippen LogP contribution in [0.5, 0.6) is 0 Å². The molecule has 0 amide bonds. The van der Waals surface area contributed by atoms with Crippen LogP contribution in [-0.4, -0.2) is 26.4 Å². The zero-order valence-electron chi connectivity index (χ0n) is 11.9. The van der Waals surface area contributed by atoms with E-state index in [0.717, 1.165) is 18.2 Å². The molecular weight excluding hydrogens is 325 g/mol. The number of nitro benzene ring substituents is 1. The van der Waals surface area contributed by atoms with Crippen molar-refractivity contribution in [2.45, 2.75) is 4.90 Å². The molecule has 0 atom stereocenters. The predicted molar refractivity (Wildman–Crippen MR) is 83.2 cm³/mol. The fourth-order valence-electron chi connectivity index (χ4n) is 1.87. The number of hydrogen-bond donors (Lipinski definition) is 2. The van der Waals surface area contributed by atoms with Crippen molar-refractivity contribution in [1.82, 2.24) is 4.72 Å². The minimum atomic E-state index is -3.65. The molecule has 0 spiro atoms. The van der Waals surface area contributed by atoms with Gasteiger partial charge >= 0.3 is 0 Å². The average Bonchev–Trinajstić information content (AvgIpc) is 2.52. The van der Waals surface area contributed by atoms with Crippen LogP contribution in [0.1, 0.15) is 0 Å². The first kappa shape index (κ1) is 16.8. The lowest BCUT2D eigenvalue weighted by Crippen LogP contribution is -2.29. The number of rotatable bonds is 7. The number of anilines is 1. The van der Waals surface area contributed by atoms with Crippen LogP contribution in [0, 0.1) is 15.9 Å². The summed E-state index contributed by atoms with van der Waals surface area (Å²) >= 11 is 0. The van der Waals surface area contributed by atoms with Crippen LogP contribution in [0.4, 0.5) is 15.8 Å². The molecule has 122 valence electrons. The fraction of sp³-hybridized carbons (Fsp3) is 0.143. The number of sulfonamides is 1. The Kier molecular flexibility index (Phi) is 5.24. The minimum Gasteiger partial charge on any atom is -0.378 e. The standard InChI is InChI=1S/C14H14FN3O4S/c15-11-6-7-14(18(19)20)13(10-11)16-8-9-17-23(21,22)12-4-2-1-3-5-12/h1-7,10,16-17H,8-9H2. The molecule has 2 rings (SSSR count). The van der Waals surface area contributed by atoms with Crippen LogP contribution in [0.2, 0.25) is 0 Å². The molecule has 0 heterocycles. The smallest absolute Gasteiger partial charge is 0.292 e. The lowest BCUT2D eigenvalue weighted by atomic mass is 10.2. The summed E-state index contributed by atoms with van der Waals surface area (Å²) in [5, 5.41) is 13.5. The molecule has 0 saturated carbocycles. The van der Waals surface area contributed by atoms with Crippen molar-refractivity contribution in [3.63, 3.8) is 0 Å². The van der Waals surface area contributed by atoms with Gasteiger partial charge in [0.15, 0.2) is 0 Å². The van der Waals surface area contributed by atoms with Gasteiger partial charge in [0.05, 0.1) is 9.82 Å². The van der Waals surface area contributed by atoms with Crippen molar-refractivity contribution < 1.29 is 17.7 Å². The zero-order valence-corrected chi connectivity index (χ0v) is 12.7. The summed E-state index contributed by atoms with van der Waals surface area (Å²) in [4.78, 5) is 10.3. The van der Waals surface area contributed by atoms with E-state index in [1.54, 1.807) is 18.2 Å². The van der Waals surface area contributed by atoms with Crippen molar-refractivity contribution in [3.05, 3.63) is 64.5 Å². The second-order valence-corrected chi connectivity index (χ2v) is 6.32. The molecular formula is C14H14FN3O4S. The van der Waals surface area contributed by atoms with Crippen molar-refractivity contribution in [1.29, 1.82) is 0 Å². The summed E-state index contributed by atoms with van der Waals surface area (Å²) < 4.78 is 39.4. The van der Waals surface area contributed by atoms with E-state index in [9.17, 15) is 22.9 Å². The molecule has 2 aromatic rings. The first-order valence-corrected chi connectivity index (χ1v) is 8.11. The van der Waals surface area contributed by atoms with Gasteiger partial charge in [-0.25, -0.2) is 17.5 Å². The number of nitro groups is 1. The molecule has 0 aromatic heterocycles. The summed E-state index contributed by atoms with van der Waals surface area (Å²) in [6.45, 7) is 0.0568. The van der Waals surface area contributed by atoms with Gasteiger partial charge in [0.2, 0.25) is 10.0 Å². The van der Waals surface area contributed by atoms with E-state index in [0.29, 0.717) is 0 Å². The Hall–Kier alpha value is -2.52. The molecule has 9 heteroatoms. The van der Waals surface area contributed by atoms with Gasteiger partial charge in [0.25, 0.3) is 5.69 Å². The second kappa shape index (κ2) is 7.16. The van der Waals surface area contributed by atoms with Crippen molar-refractivity contribution in [2.75, 3.05) is 18.4 Å². The molecule has 23 heavy (non-hydrogen) atoms. The highest BCUT2D eigenvalue weighted by Gasteiger charge is 2.15. The van der Waals surface area contributed by atoms with E-state index < -0.39 is 20.8 Å². The molecule has 2 aromatic carbocycles. The monoisotopic (exact) mass is 339 g/mol. The predicted octanol–water partition coefficient (Wildman–Crippen LogP) is 2.12. The topological polar surface area (TPSA) is 101 Å². The molecule has 0 aliphatic rings. The van der Waals surface area contributed by atoms with Crippen molar-refractivity contribution in [3.8, 4) is 0 Å². The van der Waals surface area contributed by atoms with Gasteiger partial charge < -0.3 is 5.32 Å². The van der Waals surface area contributed by atoms with Gasteiger partial charge in [-0.2, -0.15) is 0 Å². The molecule has 0 fully saturated rings. The first-order valence-electron chi connectivity index (χ1n) is 6.63. The second-order valence-electron chi connectivity index (χ2n) is 4.56. The number of nitrogens with one attached hydrogen (secondary N) is 2. The third-order valence-electron chi connectivity index (χ3n) is 2.94. The normalized spacial score (nSPS) is 11.2. The largest absolute Gasteiger partial charge is 0.378 e. The molecule has 0 aliphatic carbocycles. The van der Waals surface area contributed by atoms with E-state index in [-0.39, 0.29) is 29.4 Å². The highest BCUT2D eigenvalue weighted by molar-refractivity contribution is 7.89. The summed E-state index contributed by atoms with van der Waals surface area (Å²) in [6, 6.07) is 10.8. The van der Waals surface area contributed by atoms with Crippen LogP contribution in [0.25, 0.3) is 0 Å². The summed E-state index contributed by atoms with van der Waals surface area (Å²) in [5.41, 5.74) is -0.286. The average molecular weight is 339 g/mol. The van der Waals surface area contributed by atoms with Gasteiger partial charge in [0.1, 0.15) is 11.5 Å². The minimum absolute atomic E-state index is 0.00564. The van der Waals surface area contributed by atoms with E-state index >= 15 is 0 Å². The van der Waals surface area contributed by atoms with Crippen LogP contribution in [0.15, 0.2) is 53.4 Å². The van der Waals surface area contributed by atoms with Crippen molar-refractivity contribution in [2.24, 2.45) is 0 Å². The highest BCUT2D eigenvalue weighted by Crippen LogP contribution is 2.24. The van der Waals surface area contributed by atoms with E-state index in [2.05, 4.69) is 10.0 Å². The molecule has 7 nitrogen and oxygen atoms in total. The van der Waals surface area contributed by atoms with Gasteiger partial charge in [-0.15, -0.1) is 0 Å². The quantitative estimate of drug-likeness (QED) is 0.457. The van der Waals surface area contributed by atoms with Crippen LogP contribution in [0.3, 0.4) is 0 Å². The lowest BCUT2D eigenvalue weighted by Gasteiger charge is -2.09. The Balaban J connectivity index is 1.96. The lowest BCUT2D eigenvalue weighted by molar-refractivity contribution is -0.384. The van der Waals surface area contributed by atoms with Crippen LogP contribution in [-0.2, 0) is 10.0 Å². The highest BCUT2D eigenvalue weighted by atomic mass is 32.2. The molecule has 0 radical (unpaired) electrons. The SMILES string of the molecule is O=[N+]([O-])c1ccc(F)cc1NCCNS(=O)(=O)c1ccccc1. The van der Waals surface area contributed by atoms with E-state index in [1.807, 2.05) is 0 Å². The van der Waals surface area contributed by atoms with Crippen LogP contribution < -0.4 is 10.0 Å². The van der Waals surface area contributed by atoms with E-state index in [4.69, 9.17) is 0 Å². The van der Waals surface area contributed by atoms with Gasteiger partial charge in [-0.3, -0.25) is 10.1 Å². The Morgan fingerprint density at radius 1 is 1.09 bits per heavy atom. The number of hydrogen-bond acceptors (Lipinski definition) is 5. The Labute approximate surface area is 132 Å². The Morgan fingerprint density at radius 3 is 2.43 bits per heavy atom. The van der Waals surface area contributed by atoms with Gasteiger partial charge in [-0.05, 0) is 18.2 Å². The first-order chi connectivity index (χ1) is 10.9. The summed E-state index contributed by atoms with van der Waals surface area (Å²) in [7, 11) is -3.65. The van der Waals surface area contributed by atoms with Crippen LogP contribution >= 0.6 is 0 Å². The van der Waals surface area contributed by atoms with Gasteiger partial charge in [-0.1, -0.05) is 18.2 Å².